The molecule has 0 saturated carbocycles. The molecule has 64 valence electrons. The minimum Gasteiger partial charge on any atom is -1.00 e. The number of unbranched alkanes of at least 4 members (excludes halogenated alkanes) is 2. The van der Waals surface area contributed by atoms with Crippen LogP contribution in [0.1, 0.15) is 19.8 Å². The number of methoxy groups -OCH3 is 1. The molecule has 0 N–H and O–H groups in total. The molecule has 0 aliphatic heterocycles. The summed E-state index contributed by atoms with van der Waals surface area (Å²) in [5.74, 6) is 0. The van der Waals surface area contributed by atoms with Gasteiger partial charge in [-0.2, -0.15) is 13.3 Å². The van der Waals surface area contributed by atoms with Gasteiger partial charge in [-0.3, -0.25) is 0 Å². The van der Waals surface area contributed by atoms with Crippen LogP contribution in [-0.4, -0.2) is 43.6 Å². The Morgan fingerprint density at radius 1 is 1.36 bits per heavy atom. The quantitative estimate of drug-likeness (QED) is 0.189. The number of hydrogen-bond donors (Lipinski definition) is 0. The van der Waals surface area contributed by atoms with E-state index in [4.69, 9.17) is 4.74 Å². The van der Waals surface area contributed by atoms with Gasteiger partial charge in [-0.15, -0.1) is 0 Å². The summed E-state index contributed by atoms with van der Waals surface area (Å²) < 4.78 is 9.73. The third-order valence-corrected chi connectivity index (χ3v) is 0.983. The average molecular weight is 282 g/mol. The van der Waals surface area contributed by atoms with Gasteiger partial charge in [-0.1, -0.05) is 6.42 Å². The first kappa shape index (κ1) is 18.3. The molecule has 0 spiro atoms. The molecule has 0 aromatic heterocycles. The number of rotatable bonds is 6. The van der Waals surface area contributed by atoms with Gasteiger partial charge in [-0.25, -0.2) is 0 Å². The fourth-order valence-electron chi connectivity index (χ4n) is 0.532. The maximum atomic E-state index is 5.04. The Kier molecular flexibility index (Phi) is 29.0. The maximum absolute atomic E-state index is 5.04. The molecule has 4 heteroatoms. The van der Waals surface area contributed by atoms with Gasteiger partial charge in [0.25, 0.3) is 0 Å². The van der Waals surface area contributed by atoms with E-state index in [1.54, 1.807) is 7.11 Å². The van der Waals surface area contributed by atoms with Crippen LogP contribution in [0.25, 0.3) is 0 Å². The van der Waals surface area contributed by atoms with E-state index in [9.17, 15) is 0 Å². The van der Waals surface area contributed by atoms with Crippen molar-refractivity contribution in [1.29, 1.82) is 0 Å². The zero-order chi connectivity index (χ0) is 6.95. The smallest absolute Gasteiger partial charge is 1.00 e. The SMILES string of the molecule is C[CH-]CCCOCOC.[I-].[Mg+2]. The molecule has 0 bridgehead atoms. The van der Waals surface area contributed by atoms with Crippen molar-refractivity contribution in [3.8, 4) is 0 Å². The van der Waals surface area contributed by atoms with Crippen molar-refractivity contribution >= 4 is 23.1 Å². The summed E-state index contributed by atoms with van der Waals surface area (Å²) in [5, 5.41) is 0. The van der Waals surface area contributed by atoms with Crippen LogP contribution in [0.15, 0.2) is 0 Å². The Morgan fingerprint density at radius 2 is 2.00 bits per heavy atom. The van der Waals surface area contributed by atoms with Gasteiger partial charge in [0.1, 0.15) is 6.79 Å². The molecule has 0 fully saturated rings. The predicted molar refractivity (Wildman–Crippen MR) is 42.8 cm³/mol. The molecule has 0 aromatic carbocycles. The summed E-state index contributed by atoms with van der Waals surface area (Å²) >= 11 is 0. The second-order valence-corrected chi connectivity index (χ2v) is 1.87. The van der Waals surface area contributed by atoms with Crippen molar-refractivity contribution in [2.45, 2.75) is 19.8 Å². The van der Waals surface area contributed by atoms with Crippen LogP contribution in [0.4, 0.5) is 0 Å². The normalized spacial score (nSPS) is 8.18. The van der Waals surface area contributed by atoms with E-state index < -0.39 is 0 Å². The molecule has 0 amide bonds. The topological polar surface area (TPSA) is 18.5 Å². The van der Waals surface area contributed by atoms with Gasteiger partial charge in [0.15, 0.2) is 0 Å². The summed E-state index contributed by atoms with van der Waals surface area (Å²) in [6, 6.07) is 0. The molecule has 0 atom stereocenters. The van der Waals surface area contributed by atoms with Crippen LogP contribution in [0.2, 0.25) is 0 Å². The van der Waals surface area contributed by atoms with Crippen molar-refractivity contribution < 1.29 is 33.5 Å². The van der Waals surface area contributed by atoms with Crippen LogP contribution >= 0.6 is 0 Å². The standard InChI is InChI=1S/C7H15O2.HI.Mg/c1-3-4-5-6-9-7-8-2;;/h3H,4-7H2,1-2H3;1H;/q-1;;+2/p-1. The minimum atomic E-state index is 0. The second kappa shape index (κ2) is 17.5. The van der Waals surface area contributed by atoms with E-state index in [0.29, 0.717) is 6.79 Å². The van der Waals surface area contributed by atoms with E-state index in [0.717, 1.165) is 19.4 Å². The van der Waals surface area contributed by atoms with Crippen molar-refractivity contribution in [3.63, 3.8) is 0 Å². The molecule has 0 rings (SSSR count). The van der Waals surface area contributed by atoms with Crippen molar-refractivity contribution in [2.75, 3.05) is 20.5 Å². The molecule has 11 heavy (non-hydrogen) atoms. The van der Waals surface area contributed by atoms with E-state index in [1.165, 1.54) is 0 Å². The van der Waals surface area contributed by atoms with Crippen molar-refractivity contribution in [1.82, 2.24) is 0 Å². The zero-order valence-electron chi connectivity index (χ0n) is 7.31. The Bertz CT molecular complexity index is 49.7. The largest absolute Gasteiger partial charge is 2.00 e. The van der Waals surface area contributed by atoms with Gasteiger partial charge >= 0.3 is 23.1 Å². The first-order valence-electron chi connectivity index (χ1n) is 3.26. The first-order chi connectivity index (χ1) is 4.41. The van der Waals surface area contributed by atoms with E-state index in [-0.39, 0.29) is 47.0 Å². The number of hydrogen-bond acceptors (Lipinski definition) is 2. The van der Waals surface area contributed by atoms with E-state index in [2.05, 4.69) is 18.1 Å². The summed E-state index contributed by atoms with van der Waals surface area (Å²) in [6.45, 7) is 3.28. The summed E-state index contributed by atoms with van der Waals surface area (Å²) in [4.78, 5) is 0. The molecular weight excluding hydrogens is 267 g/mol. The summed E-state index contributed by atoms with van der Waals surface area (Å²) in [7, 11) is 1.63. The van der Waals surface area contributed by atoms with Gasteiger partial charge in [0.05, 0.1) is 0 Å². The molecular formula is C7H15IMgO2. The average Bonchev–Trinajstić information content (AvgIpc) is 1.89. The third kappa shape index (κ3) is 18.4. The maximum Gasteiger partial charge on any atom is 2.00 e. The third-order valence-electron chi connectivity index (χ3n) is 0.983. The first-order valence-corrected chi connectivity index (χ1v) is 3.26. The fourth-order valence-corrected chi connectivity index (χ4v) is 0.532. The monoisotopic (exact) mass is 282 g/mol. The molecule has 2 nitrogen and oxygen atoms in total. The molecule has 0 radical (unpaired) electrons. The van der Waals surface area contributed by atoms with E-state index >= 15 is 0 Å². The van der Waals surface area contributed by atoms with Crippen LogP contribution < -0.4 is 24.0 Å². The second-order valence-electron chi connectivity index (χ2n) is 1.87. The Morgan fingerprint density at radius 3 is 2.45 bits per heavy atom. The molecule has 0 aromatic rings. The molecule has 0 unspecified atom stereocenters. The molecule has 0 aliphatic carbocycles. The van der Waals surface area contributed by atoms with Gasteiger partial charge in [-0.05, 0) is 0 Å². The van der Waals surface area contributed by atoms with Crippen LogP contribution in [0.5, 0.6) is 0 Å². The number of ether oxygens (including phenoxy) is 2. The van der Waals surface area contributed by atoms with Crippen LogP contribution in [-0.2, 0) is 9.47 Å². The molecule has 0 aliphatic rings. The van der Waals surface area contributed by atoms with Crippen molar-refractivity contribution in [3.05, 3.63) is 6.42 Å². The fraction of sp³-hybridized carbons (Fsp3) is 0.857. The summed E-state index contributed by atoms with van der Waals surface area (Å²) in [5.41, 5.74) is 0. The molecule has 0 saturated heterocycles. The van der Waals surface area contributed by atoms with E-state index in [1.807, 2.05) is 0 Å². The van der Waals surface area contributed by atoms with Crippen LogP contribution in [0, 0.1) is 6.42 Å². The van der Waals surface area contributed by atoms with Gasteiger partial charge in [0, 0.05) is 13.7 Å². The van der Waals surface area contributed by atoms with Gasteiger partial charge in [0.2, 0.25) is 0 Å². The van der Waals surface area contributed by atoms with Crippen molar-refractivity contribution in [2.24, 2.45) is 0 Å². The molecule has 0 heterocycles. The minimum absolute atomic E-state index is 0. The Hall–Kier alpha value is 1.42. The van der Waals surface area contributed by atoms with Crippen LogP contribution in [0.3, 0.4) is 0 Å². The van der Waals surface area contributed by atoms with Gasteiger partial charge < -0.3 is 39.9 Å². The Labute approximate surface area is 103 Å². The Balaban J connectivity index is -0.000000320. The number of halogens is 1. The zero-order valence-corrected chi connectivity index (χ0v) is 10.9. The predicted octanol–water partition coefficient (Wildman–Crippen LogP) is -1.77. The summed E-state index contributed by atoms with van der Waals surface area (Å²) in [6.07, 6.45) is 4.36.